The fourth-order valence-electron chi connectivity index (χ4n) is 1.66. The molecule has 3 unspecified atom stereocenters. The molecule has 0 heterocycles. The third-order valence-corrected chi connectivity index (χ3v) is 4.22. The number of rotatable bonds is 8. The molecule has 9 heteroatoms. The van der Waals surface area contributed by atoms with E-state index in [1.165, 1.54) is 6.92 Å². The zero-order valence-corrected chi connectivity index (χ0v) is 17.0. The molecule has 0 aromatic heterocycles. The van der Waals surface area contributed by atoms with Gasteiger partial charge in [-0.2, -0.15) is 0 Å². The van der Waals surface area contributed by atoms with Gasteiger partial charge in [0, 0.05) is 5.02 Å². The Hall–Kier alpha value is -0.0700. The van der Waals surface area contributed by atoms with Crippen molar-refractivity contribution in [2.75, 3.05) is 0 Å². The number of carbonyl (C=O) groups excluding carboxylic acids is 1. The topological polar surface area (TPSA) is 95.9 Å². The van der Waals surface area contributed by atoms with E-state index >= 15 is 0 Å². The Morgan fingerprint density at radius 2 is 1.96 bits per heavy atom. The van der Waals surface area contributed by atoms with Crippen molar-refractivity contribution < 1.29 is 58.2 Å². The molecule has 0 radical (unpaired) electrons. The number of hydrogen-bond donors (Lipinski definition) is 1. The van der Waals surface area contributed by atoms with Gasteiger partial charge in [-0.15, -0.1) is 0 Å². The van der Waals surface area contributed by atoms with E-state index in [-0.39, 0.29) is 36.0 Å². The molecule has 0 amide bonds. The average molecular weight is 373 g/mol. The molecule has 1 aromatic rings. The maximum Gasteiger partial charge on any atom is 1.00 e. The summed E-state index contributed by atoms with van der Waals surface area (Å²) in [5.41, 5.74) is 0. The molecule has 0 fully saturated rings. The van der Waals surface area contributed by atoms with Crippen LogP contribution in [-0.4, -0.2) is 22.8 Å². The van der Waals surface area contributed by atoms with Crippen molar-refractivity contribution in [2.45, 2.75) is 45.1 Å². The van der Waals surface area contributed by atoms with Crippen LogP contribution >= 0.6 is 19.2 Å². The second-order valence-corrected chi connectivity index (χ2v) is 6.95. The Kier molecular flexibility index (Phi) is 10.7. The first-order valence-electron chi connectivity index (χ1n) is 6.90. The molecule has 0 spiro atoms. The summed E-state index contributed by atoms with van der Waals surface area (Å²) < 4.78 is 21.4. The molecule has 1 aromatic carbocycles. The van der Waals surface area contributed by atoms with E-state index in [0.717, 1.165) is 0 Å². The number of unbranched alkanes of at least 4 members (excludes halogenated alkanes) is 1. The van der Waals surface area contributed by atoms with Crippen LogP contribution in [0, 0.1) is 0 Å². The van der Waals surface area contributed by atoms with Crippen LogP contribution in [-0.2, 0) is 14.1 Å². The van der Waals surface area contributed by atoms with E-state index in [1.54, 1.807) is 24.3 Å². The molecule has 0 aliphatic rings. The summed E-state index contributed by atoms with van der Waals surface area (Å²) in [7, 11) is -4.75. The Morgan fingerprint density at radius 1 is 1.39 bits per heavy atom. The first-order valence-corrected chi connectivity index (χ1v) is 8.92. The summed E-state index contributed by atoms with van der Waals surface area (Å²) in [4.78, 5) is 32.3. The summed E-state index contributed by atoms with van der Waals surface area (Å²) in [6, 6.07) is 6.34. The molecular formula is C14H19ClNaO6P. The summed E-state index contributed by atoms with van der Waals surface area (Å²) in [5.74, 6) is -2.01. The van der Waals surface area contributed by atoms with Crippen LogP contribution in [0.25, 0.3) is 0 Å². The van der Waals surface area contributed by atoms with Gasteiger partial charge in [0.1, 0.15) is 5.75 Å². The smallest absolute Gasteiger partial charge is 0.776 e. The normalized spacial score (nSPS) is 15.7. The molecule has 23 heavy (non-hydrogen) atoms. The molecule has 0 aliphatic carbocycles. The van der Waals surface area contributed by atoms with Crippen molar-refractivity contribution in [2.24, 2.45) is 0 Å². The average Bonchev–Trinajstić information content (AvgIpc) is 2.44. The monoisotopic (exact) mass is 372 g/mol. The summed E-state index contributed by atoms with van der Waals surface area (Å²) in [6.07, 6.45) is 0.256. The Bertz CT molecular complexity index is 533. The predicted octanol–water partition coefficient (Wildman–Crippen LogP) is -0.283. The quantitative estimate of drug-likeness (QED) is 0.383. The van der Waals surface area contributed by atoms with Gasteiger partial charge in [0.15, 0.2) is 19.5 Å². The number of esters is 1. The van der Waals surface area contributed by atoms with Crippen LogP contribution in [0.1, 0.15) is 33.1 Å². The predicted molar refractivity (Wildman–Crippen MR) is 80.8 cm³/mol. The van der Waals surface area contributed by atoms with E-state index in [2.05, 4.69) is 0 Å². The van der Waals surface area contributed by atoms with Gasteiger partial charge in [0.2, 0.25) is 0 Å². The van der Waals surface area contributed by atoms with Crippen molar-refractivity contribution in [3.8, 4) is 5.75 Å². The fraction of sp³-hybridized carbons (Fsp3) is 0.500. The Labute approximate surface area is 163 Å². The summed E-state index contributed by atoms with van der Waals surface area (Å²) in [6.45, 7) is 3.29. The maximum atomic E-state index is 11.9. The van der Waals surface area contributed by atoms with Crippen molar-refractivity contribution >= 4 is 25.2 Å². The molecule has 6 nitrogen and oxygen atoms in total. The van der Waals surface area contributed by atoms with Crippen molar-refractivity contribution in [1.82, 2.24) is 0 Å². The van der Waals surface area contributed by atoms with E-state index in [9.17, 15) is 14.3 Å². The largest absolute Gasteiger partial charge is 1.00 e. The van der Waals surface area contributed by atoms with Crippen molar-refractivity contribution in [1.29, 1.82) is 0 Å². The second-order valence-electron chi connectivity index (χ2n) is 4.81. The van der Waals surface area contributed by atoms with Gasteiger partial charge in [-0.25, -0.2) is 4.79 Å². The van der Waals surface area contributed by atoms with Crippen LogP contribution in [0.4, 0.5) is 0 Å². The van der Waals surface area contributed by atoms with Gasteiger partial charge < -0.3 is 23.8 Å². The molecule has 0 saturated heterocycles. The van der Waals surface area contributed by atoms with Gasteiger partial charge >= 0.3 is 35.5 Å². The van der Waals surface area contributed by atoms with Gasteiger partial charge in [0.25, 0.3) is 0 Å². The van der Waals surface area contributed by atoms with Crippen LogP contribution in [0.3, 0.4) is 0 Å². The minimum absolute atomic E-state index is 0. The number of ether oxygens (including phenoxy) is 2. The molecule has 0 bridgehead atoms. The van der Waals surface area contributed by atoms with Crippen LogP contribution in [0.2, 0.25) is 5.02 Å². The first kappa shape index (κ1) is 22.9. The second kappa shape index (κ2) is 10.7. The summed E-state index contributed by atoms with van der Waals surface area (Å²) in [5, 5.41) is 0.523. The minimum Gasteiger partial charge on any atom is -0.776 e. The number of hydrogen-bond acceptors (Lipinski definition) is 5. The molecule has 1 rings (SSSR count). The number of halogens is 1. The van der Waals surface area contributed by atoms with Crippen LogP contribution < -0.4 is 39.2 Å². The van der Waals surface area contributed by atoms with Gasteiger partial charge in [-0.05, 0) is 44.0 Å². The van der Waals surface area contributed by atoms with E-state index < -0.39 is 25.5 Å². The van der Waals surface area contributed by atoms with Crippen LogP contribution in [0.15, 0.2) is 24.3 Å². The zero-order chi connectivity index (χ0) is 16.8. The SMILES string of the molecule is CCCCC(OC(=O)C(C)Oc1ccc(Cl)cc1)P(=O)([O-])O.[Na+]. The zero-order valence-electron chi connectivity index (χ0n) is 13.4. The van der Waals surface area contributed by atoms with Gasteiger partial charge in [0.05, 0.1) is 0 Å². The van der Waals surface area contributed by atoms with E-state index in [1.807, 2.05) is 6.92 Å². The molecule has 124 valence electrons. The van der Waals surface area contributed by atoms with Crippen molar-refractivity contribution in [3.63, 3.8) is 0 Å². The minimum atomic E-state index is -4.75. The standard InChI is InChI=1S/C14H20ClO6P.Na/c1-3-4-5-13(22(17,18)19)21-14(16)10(2)20-12-8-6-11(15)7-9-12;/h6-10,13H,3-5H2,1-2H3,(H2,17,18,19);/q;+1/p-1. The van der Waals surface area contributed by atoms with E-state index in [4.69, 9.17) is 26.0 Å². The number of carbonyl (C=O) groups is 1. The molecular weight excluding hydrogens is 354 g/mol. The van der Waals surface area contributed by atoms with Crippen LogP contribution in [0.5, 0.6) is 5.75 Å². The molecule has 1 N–H and O–H groups in total. The first-order chi connectivity index (χ1) is 10.2. The third-order valence-electron chi connectivity index (χ3n) is 2.88. The van der Waals surface area contributed by atoms with Gasteiger partial charge in [-0.1, -0.05) is 24.9 Å². The Balaban J connectivity index is 0.00000484. The fourth-order valence-corrected chi connectivity index (χ4v) is 2.53. The summed E-state index contributed by atoms with van der Waals surface area (Å²) >= 11 is 5.74. The molecule has 3 atom stereocenters. The molecule has 0 aliphatic heterocycles. The number of benzene rings is 1. The maximum absolute atomic E-state index is 11.9. The van der Waals surface area contributed by atoms with Crippen molar-refractivity contribution in [3.05, 3.63) is 29.3 Å². The van der Waals surface area contributed by atoms with Gasteiger partial charge in [-0.3, -0.25) is 0 Å². The molecule has 0 saturated carbocycles. The Morgan fingerprint density at radius 3 is 2.43 bits per heavy atom. The third kappa shape index (κ3) is 8.54. The van der Waals surface area contributed by atoms with E-state index in [0.29, 0.717) is 23.6 Å².